The molecule has 0 aromatic heterocycles. The van der Waals surface area contributed by atoms with Crippen molar-refractivity contribution in [2.45, 2.75) is 23.7 Å². The number of carbonyl (C=O) groups is 2. The van der Waals surface area contributed by atoms with Crippen molar-refractivity contribution < 1.29 is 36.4 Å². The second-order valence-electron chi connectivity index (χ2n) is 5.67. The van der Waals surface area contributed by atoms with Gasteiger partial charge in [0.1, 0.15) is 0 Å². The van der Waals surface area contributed by atoms with Crippen LogP contribution in [0.2, 0.25) is 0 Å². The average Bonchev–Trinajstić information content (AvgIpc) is 2.67. The normalized spacial score (nSPS) is 12.3. The van der Waals surface area contributed by atoms with Gasteiger partial charge in [-0.1, -0.05) is 6.07 Å². The standard InChI is InChI=1S/C17H14F2N2O7S/c1-10(15(22)20-12-3-2-4-13(9-12)21(24)25)28-16(23)11-5-7-14(8-6-11)29(26,27)17(18)19/h2-10,17H,1H3,(H,20,22). The number of nitrogens with one attached hydrogen (secondary N) is 1. The van der Waals surface area contributed by atoms with Crippen LogP contribution in [0.3, 0.4) is 0 Å². The zero-order chi connectivity index (χ0) is 21.8. The number of benzene rings is 2. The van der Waals surface area contributed by atoms with Gasteiger partial charge in [0.15, 0.2) is 6.10 Å². The Labute approximate surface area is 163 Å². The average molecular weight is 428 g/mol. The predicted octanol–water partition coefficient (Wildman–Crippen LogP) is 2.78. The Balaban J connectivity index is 2.04. The summed E-state index contributed by atoms with van der Waals surface area (Å²) >= 11 is 0. The van der Waals surface area contributed by atoms with Crippen LogP contribution in [0.4, 0.5) is 20.2 Å². The zero-order valence-electron chi connectivity index (χ0n) is 14.7. The molecular formula is C17H14F2N2O7S. The number of nitro groups is 1. The Morgan fingerprint density at radius 3 is 2.31 bits per heavy atom. The van der Waals surface area contributed by atoms with Crippen LogP contribution in [0.25, 0.3) is 0 Å². The summed E-state index contributed by atoms with van der Waals surface area (Å²) in [5.41, 5.74) is -0.284. The molecule has 0 aliphatic heterocycles. The van der Waals surface area contributed by atoms with Gasteiger partial charge in [-0.05, 0) is 37.3 Å². The summed E-state index contributed by atoms with van der Waals surface area (Å²) < 4.78 is 52.7. The van der Waals surface area contributed by atoms with Gasteiger partial charge in [-0.3, -0.25) is 14.9 Å². The number of nitro benzene ring substituents is 1. The molecule has 0 bridgehead atoms. The molecule has 0 radical (unpaired) electrons. The molecular weight excluding hydrogens is 414 g/mol. The number of sulfone groups is 1. The summed E-state index contributed by atoms with van der Waals surface area (Å²) in [5.74, 6) is -5.36. The van der Waals surface area contributed by atoms with Crippen LogP contribution in [0, 0.1) is 10.1 Å². The smallest absolute Gasteiger partial charge is 0.341 e. The third-order valence-corrected chi connectivity index (χ3v) is 5.03. The van der Waals surface area contributed by atoms with E-state index in [-0.39, 0.29) is 16.9 Å². The van der Waals surface area contributed by atoms with Crippen molar-refractivity contribution in [3.8, 4) is 0 Å². The highest BCUT2D eigenvalue weighted by atomic mass is 32.2. The lowest BCUT2D eigenvalue weighted by molar-refractivity contribution is -0.384. The van der Waals surface area contributed by atoms with Crippen molar-refractivity contribution in [3.63, 3.8) is 0 Å². The van der Waals surface area contributed by atoms with E-state index in [1.165, 1.54) is 25.1 Å². The highest BCUT2D eigenvalue weighted by Crippen LogP contribution is 2.20. The number of hydrogen-bond donors (Lipinski definition) is 1. The molecule has 29 heavy (non-hydrogen) atoms. The summed E-state index contributed by atoms with van der Waals surface area (Å²) in [7, 11) is -4.80. The third-order valence-electron chi connectivity index (χ3n) is 3.63. The molecule has 0 aliphatic rings. The van der Waals surface area contributed by atoms with Crippen molar-refractivity contribution in [2.75, 3.05) is 5.32 Å². The number of ether oxygens (including phenoxy) is 1. The van der Waals surface area contributed by atoms with Crippen molar-refractivity contribution in [2.24, 2.45) is 0 Å². The molecule has 2 aromatic rings. The van der Waals surface area contributed by atoms with Gasteiger partial charge in [-0.2, -0.15) is 8.78 Å². The van der Waals surface area contributed by atoms with Gasteiger partial charge >= 0.3 is 11.7 Å². The molecule has 0 aliphatic carbocycles. The second-order valence-corrected chi connectivity index (χ2v) is 7.59. The maximum Gasteiger partial charge on any atom is 0.341 e. The molecule has 154 valence electrons. The maximum atomic E-state index is 12.5. The lowest BCUT2D eigenvalue weighted by Gasteiger charge is -2.13. The van der Waals surface area contributed by atoms with E-state index >= 15 is 0 Å². The highest BCUT2D eigenvalue weighted by Gasteiger charge is 2.27. The van der Waals surface area contributed by atoms with Crippen LogP contribution < -0.4 is 5.32 Å². The van der Waals surface area contributed by atoms with Gasteiger partial charge in [0.05, 0.1) is 15.4 Å². The van der Waals surface area contributed by atoms with Gasteiger partial charge < -0.3 is 10.1 Å². The molecule has 12 heteroatoms. The number of esters is 1. The number of rotatable bonds is 7. The molecule has 1 atom stereocenters. The SMILES string of the molecule is CC(OC(=O)c1ccc(S(=O)(=O)C(F)F)cc1)C(=O)Nc1cccc([N+](=O)[O-])c1. The first kappa shape index (κ1) is 21.9. The van der Waals surface area contributed by atoms with E-state index in [1.807, 2.05) is 0 Å². The van der Waals surface area contributed by atoms with Crippen LogP contribution in [0.5, 0.6) is 0 Å². The first-order chi connectivity index (χ1) is 13.5. The van der Waals surface area contributed by atoms with Crippen LogP contribution in [0.1, 0.15) is 17.3 Å². The maximum absolute atomic E-state index is 12.5. The van der Waals surface area contributed by atoms with Crippen molar-refractivity contribution in [3.05, 3.63) is 64.2 Å². The largest absolute Gasteiger partial charge is 0.449 e. The van der Waals surface area contributed by atoms with Gasteiger partial charge in [0.25, 0.3) is 11.6 Å². The summed E-state index contributed by atoms with van der Waals surface area (Å²) in [6.07, 6.45) is -1.30. The molecule has 2 aromatic carbocycles. The molecule has 0 fully saturated rings. The van der Waals surface area contributed by atoms with Gasteiger partial charge in [-0.25, -0.2) is 13.2 Å². The predicted molar refractivity (Wildman–Crippen MR) is 96.2 cm³/mol. The Bertz CT molecular complexity index is 1040. The molecule has 0 spiro atoms. The van der Waals surface area contributed by atoms with Gasteiger partial charge in [0.2, 0.25) is 9.84 Å². The Morgan fingerprint density at radius 2 is 1.76 bits per heavy atom. The molecule has 0 heterocycles. The molecule has 0 saturated carbocycles. The fourth-order valence-corrected chi connectivity index (χ4v) is 2.83. The fourth-order valence-electron chi connectivity index (χ4n) is 2.11. The summed E-state index contributed by atoms with van der Waals surface area (Å²) in [5, 5.41) is 13.1. The number of anilines is 1. The Hall–Kier alpha value is -3.41. The van der Waals surface area contributed by atoms with E-state index in [0.717, 1.165) is 30.3 Å². The van der Waals surface area contributed by atoms with Crippen molar-refractivity contribution in [1.82, 2.24) is 0 Å². The van der Waals surface area contributed by atoms with Crippen LogP contribution >= 0.6 is 0 Å². The Morgan fingerprint density at radius 1 is 1.14 bits per heavy atom. The number of non-ortho nitro benzene ring substituents is 1. The van der Waals surface area contributed by atoms with E-state index in [4.69, 9.17) is 4.74 Å². The first-order valence-electron chi connectivity index (χ1n) is 7.91. The summed E-state index contributed by atoms with van der Waals surface area (Å²) in [4.78, 5) is 33.6. The minimum absolute atomic E-state index is 0.119. The van der Waals surface area contributed by atoms with Gasteiger partial charge in [-0.15, -0.1) is 0 Å². The number of carbonyl (C=O) groups excluding carboxylic acids is 2. The number of hydrogen-bond acceptors (Lipinski definition) is 7. The third kappa shape index (κ3) is 5.31. The minimum atomic E-state index is -4.80. The Kier molecular flexibility index (Phi) is 6.59. The number of amides is 1. The van der Waals surface area contributed by atoms with Gasteiger partial charge in [0, 0.05) is 17.8 Å². The van der Waals surface area contributed by atoms with E-state index in [1.54, 1.807) is 0 Å². The van der Waals surface area contributed by atoms with Crippen LogP contribution in [0.15, 0.2) is 53.4 Å². The fraction of sp³-hybridized carbons (Fsp3) is 0.176. The van der Waals surface area contributed by atoms with Crippen molar-refractivity contribution in [1.29, 1.82) is 0 Å². The lowest BCUT2D eigenvalue weighted by Crippen LogP contribution is -2.30. The number of nitrogens with zero attached hydrogens (tertiary/aromatic N) is 1. The van der Waals surface area contributed by atoms with E-state index in [9.17, 15) is 36.9 Å². The highest BCUT2D eigenvalue weighted by molar-refractivity contribution is 7.91. The zero-order valence-corrected chi connectivity index (χ0v) is 15.6. The molecule has 9 nitrogen and oxygen atoms in total. The van der Waals surface area contributed by atoms with Crippen molar-refractivity contribution >= 4 is 33.1 Å². The molecule has 2 rings (SSSR count). The van der Waals surface area contributed by atoms with E-state index in [0.29, 0.717) is 0 Å². The monoisotopic (exact) mass is 428 g/mol. The molecule has 1 unspecified atom stereocenters. The second kappa shape index (κ2) is 8.73. The quantitative estimate of drug-likeness (QED) is 0.407. The minimum Gasteiger partial charge on any atom is -0.449 e. The summed E-state index contributed by atoms with van der Waals surface area (Å²) in [6.45, 7) is 1.25. The van der Waals surface area contributed by atoms with Crippen LogP contribution in [-0.4, -0.2) is 37.1 Å². The number of alkyl halides is 2. The summed E-state index contributed by atoms with van der Waals surface area (Å²) in [6, 6.07) is 8.72. The molecule has 0 saturated heterocycles. The first-order valence-corrected chi connectivity index (χ1v) is 9.45. The lowest BCUT2D eigenvalue weighted by atomic mass is 10.2. The van der Waals surface area contributed by atoms with E-state index in [2.05, 4.69) is 5.32 Å². The number of halogens is 2. The molecule has 1 N–H and O–H groups in total. The molecule has 1 amide bonds. The van der Waals surface area contributed by atoms with Crippen LogP contribution in [-0.2, 0) is 19.4 Å². The topological polar surface area (TPSA) is 133 Å². The van der Waals surface area contributed by atoms with E-state index < -0.39 is 43.4 Å².